The van der Waals surface area contributed by atoms with Crippen molar-refractivity contribution >= 4 is 17.3 Å². The second kappa shape index (κ2) is 5.47. The van der Waals surface area contributed by atoms with E-state index in [2.05, 4.69) is 26.5 Å². The summed E-state index contributed by atoms with van der Waals surface area (Å²) in [5.41, 5.74) is 0.962. The van der Waals surface area contributed by atoms with E-state index in [1.54, 1.807) is 0 Å². The van der Waals surface area contributed by atoms with Gasteiger partial charge in [0.15, 0.2) is 11.5 Å². The van der Waals surface area contributed by atoms with E-state index in [-0.39, 0.29) is 0 Å². The van der Waals surface area contributed by atoms with E-state index in [0.717, 1.165) is 36.9 Å². The fourth-order valence-electron chi connectivity index (χ4n) is 2.68. The van der Waals surface area contributed by atoms with E-state index >= 15 is 0 Å². The van der Waals surface area contributed by atoms with E-state index in [1.807, 2.05) is 18.6 Å². The molecule has 3 heterocycles. The van der Waals surface area contributed by atoms with Crippen molar-refractivity contribution in [3.63, 3.8) is 0 Å². The molecular formula is C14H21N5. The van der Waals surface area contributed by atoms with Gasteiger partial charge in [0.25, 0.3) is 0 Å². The highest BCUT2D eigenvalue weighted by molar-refractivity contribution is 5.66. The Morgan fingerprint density at radius 1 is 1.21 bits per heavy atom. The van der Waals surface area contributed by atoms with Crippen molar-refractivity contribution in [3.05, 3.63) is 18.6 Å². The van der Waals surface area contributed by atoms with Crippen LogP contribution in [0.1, 0.15) is 32.6 Å². The minimum Gasteiger partial charge on any atom is -0.369 e. The second-order valence-electron chi connectivity index (χ2n) is 5.04. The first-order chi connectivity index (χ1) is 9.38. The molecule has 1 saturated heterocycles. The van der Waals surface area contributed by atoms with Crippen molar-refractivity contribution in [2.45, 2.75) is 32.6 Å². The number of fused-ring (bicyclic) bond motifs is 1. The molecule has 3 rings (SSSR count). The average Bonchev–Trinajstić information content (AvgIpc) is 2.72. The second-order valence-corrected chi connectivity index (χ2v) is 5.04. The summed E-state index contributed by atoms with van der Waals surface area (Å²) >= 11 is 0. The van der Waals surface area contributed by atoms with Crippen LogP contribution in [0.15, 0.2) is 18.6 Å². The van der Waals surface area contributed by atoms with Crippen LogP contribution in [0, 0.1) is 0 Å². The minimum absolute atomic E-state index is 0.882. The van der Waals surface area contributed by atoms with Crippen LogP contribution in [-0.2, 0) is 0 Å². The molecule has 0 amide bonds. The number of aromatic nitrogens is 3. The highest BCUT2D eigenvalue weighted by Crippen LogP contribution is 2.23. The van der Waals surface area contributed by atoms with E-state index in [4.69, 9.17) is 4.98 Å². The molecule has 1 aliphatic heterocycles. The van der Waals surface area contributed by atoms with Crippen LogP contribution in [0.3, 0.4) is 0 Å². The van der Waals surface area contributed by atoms with Crippen molar-refractivity contribution in [3.8, 4) is 0 Å². The first-order valence-electron chi connectivity index (χ1n) is 7.21. The maximum Gasteiger partial charge on any atom is 0.180 e. The first-order valence-corrected chi connectivity index (χ1v) is 7.21. The number of imidazole rings is 1. The van der Waals surface area contributed by atoms with E-state index in [1.165, 1.54) is 25.7 Å². The maximum atomic E-state index is 4.76. The van der Waals surface area contributed by atoms with Crippen molar-refractivity contribution < 1.29 is 0 Å². The molecule has 1 aliphatic rings. The number of hydrogen-bond acceptors (Lipinski definition) is 4. The van der Waals surface area contributed by atoms with E-state index in [0.29, 0.717) is 0 Å². The van der Waals surface area contributed by atoms with Crippen LogP contribution in [0.5, 0.6) is 0 Å². The van der Waals surface area contributed by atoms with Crippen molar-refractivity contribution in [1.29, 1.82) is 0 Å². The van der Waals surface area contributed by atoms with Gasteiger partial charge in [0.2, 0.25) is 0 Å². The standard InChI is InChI=1S/C14H21N5/c1-2-15-12-11-19-10-7-16-13(19)14(17-12)18-8-5-3-4-6-9-18/h7,10-11,15H,2-6,8-9H2,1H3. The number of nitrogens with one attached hydrogen (secondary N) is 1. The monoisotopic (exact) mass is 259 g/mol. The van der Waals surface area contributed by atoms with Crippen LogP contribution >= 0.6 is 0 Å². The molecule has 0 saturated carbocycles. The molecule has 1 N–H and O–H groups in total. The van der Waals surface area contributed by atoms with Gasteiger partial charge in [-0.25, -0.2) is 9.97 Å². The summed E-state index contributed by atoms with van der Waals surface area (Å²) < 4.78 is 2.06. The van der Waals surface area contributed by atoms with Gasteiger partial charge in [-0.15, -0.1) is 0 Å². The lowest BCUT2D eigenvalue weighted by atomic mass is 10.2. The minimum atomic E-state index is 0.882. The fraction of sp³-hybridized carbons (Fsp3) is 0.571. The molecule has 19 heavy (non-hydrogen) atoms. The van der Waals surface area contributed by atoms with Gasteiger partial charge < -0.3 is 14.6 Å². The summed E-state index contributed by atoms with van der Waals surface area (Å²) in [6, 6.07) is 0. The van der Waals surface area contributed by atoms with Crippen LogP contribution in [0.25, 0.3) is 5.65 Å². The molecule has 0 spiro atoms. The zero-order valence-corrected chi connectivity index (χ0v) is 11.5. The van der Waals surface area contributed by atoms with Gasteiger partial charge >= 0.3 is 0 Å². The molecule has 0 radical (unpaired) electrons. The Morgan fingerprint density at radius 3 is 2.74 bits per heavy atom. The van der Waals surface area contributed by atoms with Crippen molar-refractivity contribution in [2.75, 3.05) is 29.9 Å². The molecule has 2 aromatic heterocycles. The molecule has 0 atom stereocenters. The Balaban J connectivity index is 2.01. The zero-order chi connectivity index (χ0) is 13.1. The zero-order valence-electron chi connectivity index (χ0n) is 11.5. The molecule has 0 unspecified atom stereocenters. The molecule has 0 aromatic carbocycles. The molecule has 5 nitrogen and oxygen atoms in total. The van der Waals surface area contributed by atoms with Gasteiger partial charge in [0.1, 0.15) is 5.82 Å². The fourth-order valence-corrected chi connectivity index (χ4v) is 2.68. The van der Waals surface area contributed by atoms with Crippen LogP contribution < -0.4 is 10.2 Å². The lowest BCUT2D eigenvalue weighted by molar-refractivity contribution is 0.726. The van der Waals surface area contributed by atoms with Gasteiger partial charge in [-0.1, -0.05) is 12.8 Å². The third-order valence-corrected chi connectivity index (χ3v) is 3.62. The Kier molecular flexibility index (Phi) is 3.53. The Bertz CT molecular complexity index is 540. The topological polar surface area (TPSA) is 45.5 Å². The Morgan fingerprint density at radius 2 is 2.00 bits per heavy atom. The van der Waals surface area contributed by atoms with Crippen LogP contribution in [-0.4, -0.2) is 34.0 Å². The summed E-state index contributed by atoms with van der Waals surface area (Å²) in [6.45, 7) is 5.15. The van der Waals surface area contributed by atoms with Gasteiger partial charge in [-0.2, -0.15) is 0 Å². The first kappa shape index (κ1) is 12.3. The van der Waals surface area contributed by atoms with Gasteiger partial charge in [0.05, 0.1) is 6.20 Å². The highest BCUT2D eigenvalue weighted by atomic mass is 15.2. The van der Waals surface area contributed by atoms with E-state index < -0.39 is 0 Å². The predicted molar refractivity (Wildman–Crippen MR) is 77.8 cm³/mol. The lowest BCUT2D eigenvalue weighted by Gasteiger charge is -2.22. The average molecular weight is 259 g/mol. The molecule has 2 aromatic rings. The smallest absolute Gasteiger partial charge is 0.180 e. The molecule has 102 valence electrons. The van der Waals surface area contributed by atoms with Crippen LogP contribution in [0.4, 0.5) is 11.6 Å². The molecule has 1 fully saturated rings. The molecule has 0 aliphatic carbocycles. The summed E-state index contributed by atoms with van der Waals surface area (Å²) in [5.74, 6) is 1.94. The summed E-state index contributed by atoms with van der Waals surface area (Å²) in [4.78, 5) is 11.6. The quantitative estimate of drug-likeness (QED) is 0.920. The normalized spacial score (nSPS) is 16.6. The number of rotatable bonds is 3. The molecule has 0 bridgehead atoms. The SMILES string of the molecule is CCNc1cn2ccnc2c(N2CCCCCC2)n1. The predicted octanol–water partition coefficient (Wildman–Crippen LogP) is 2.54. The molecular weight excluding hydrogens is 238 g/mol. The van der Waals surface area contributed by atoms with Gasteiger partial charge in [-0.3, -0.25) is 0 Å². The number of hydrogen-bond donors (Lipinski definition) is 1. The maximum absolute atomic E-state index is 4.76. The third-order valence-electron chi connectivity index (χ3n) is 3.62. The summed E-state index contributed by atoms with van der Waals surface area (Å²) in [6.07, 6.45) is 11.0. The summed E-state index contributed by atoms with van der Waals surface area (Å²) in [5, 5.41) is 3.30. The number of anilines is 2. The molecule has 5 heteroatoms. The van der Waals surface area contributed by atoms with Gasteiger partial charge in [0, 0.05) is 32.0 Å². The largest absolute Gasteiger partial charge is 0.369 e. The highest BCUT2D eigenvalue weighted by Gasteiger charge is 2.16. The van der Waals surface area contributed by atoms with Crippen molar-refractivity contribution in [2.24, 2.45) is 0 Å². The lowest BCUT2D eigenvalue weighted by Crippen LogP contribution is -2.26. The third kappa shape index (κ3) is 2.50. The Labute approximate surface area is 113 Å². The number of nitrogens with zero attached hydrogens (tertiary/aromatic N) is 4. The summed E-state index contributed by atoms with van der Waals surface area (Å²) in [7, 11) is 0. The van der Waals surface area contributed by atoms with Gasteiger partial charge in [-0.05, 0) is 19.8 Å². The Hall–Kier alpha value is -1.78. The van der Waals surface area contributed by atoms with E-state index in [9.17, 15) is 0 Å². The van der Waals surface area contributed by atoms with Crippen LogP contribution in [0.2, 0.25) is 0 Å². The van der Waals surface area contributed by atoms with Crippen molar-refractivity contribution in [1.82, 2.24) is 14.4 Å².